The van der Waals surface area contributed by atoms with Gasteiger partial charge in [0.25, 0.3) is 5.91 Å². The lowest BCUT2D eigenvalue weighted by molar-refractivity contribution is 0.0488. The van der Waals surface area contributed by atoms with Crippen LogP contribution in [0.1, 0.15) is 44.6 Å². The molecule has 0 aliphatic carbocycles. The molecule has 5 nitrogen and oxygen atoms in total. The number of amides is 1. The van der Waals surface area contributed by atoms with E-state index in [1.165, 1.54) is 0 Å². The summed E-state index contributed by atoms with van der Waals surface area (Å²) in [5, 5.41) is 3.59. The molecule has 0 aromatic carbocycles. The third-order valence-electron chi connectivity index (χ3n) is 4.00. The lowest BCUT2D eigenvalue weighted by Crippen LogP contribution is -2.60. The standard InChI is InChI=1S/C16H26N4O/c1-11(2)7-13-10-20(15(9-19-13)12(3)4)16(21)14-8-17-5-6-18-14/h5-6,8,11-13,15,19H,7,9-10H2,1-4H3. The summed E-state index contributed by atoms with van der Waals surface area (Å²) >= 11 is 0. The van der Waals surface area contributed by atoms with Gasteiger partial charge in [-0.25, -0.2) is 4.98 Å². The summed E-state index contributed by atoms with van der Waals surface area (Å²) in [5.74, 6) is 1.03. The third kappa shape index (κ3) is 4.00. The zero-order valence-electron chi connectivity index (χ0n) is 13.4. The molecule has 0 saturated carbocycles. The number of hydrogen-bond donors (Lipinski definition) is 1. The number of aromatic nitrogens is 2. The Morgan fingerprint density at radius 3 is 2.71 bits per heavy atom. The number of carbonyl (C=O) groups is 1. The highest BCUT2D eigenvalue weighted by Crippen LogP contribution is 2.20. The second kappa shape index (κ2) is 6.98. The number of carbonyl (C=O) groups excluding carboxylic acids is 1. The van der Waals surface area contributed by atoms with Crippen LogP contribution in [0.15, 0.2) is 18.6 Å². The van der Waals surface area contributed by atoms with Crippen LogP contribution in [0.3, 0.4) is 0 Å². The molecule has 21 heavy (non-hydrogen) atoms. The first-order valence-electron chi connectivity index (χ1n) is 7.79. The van der Waals surface area contributed by atoms with Gasteiger partial charge in [0.1, 0.15) is 5.69 Å². The van der Waals surface area contributed by atoms with Crippen LogP contribution in [0.4, 0.5) is 0 Å². The predicted molar refractivity (Wildman–Crippen MR) is 82.9 cm³/mol. The average Bonchev–Trinajstić information content (AvgIpc) is 2.46. The Morgan fingerprint density at radius 1 is 1.38 bits per heavy atom. The molecule has 1 N–H and O–H groups in total. The molecule has 2 heterocycles. The van der Waals surface area contributed by atoms with Gasteiger partial charge in [-0.1, -0.05) is 27.7 Å². The van der Waals surface area contributed by atoms with Gasteiger partial charge in [0.05, 0.1) is 6.20 Å². The van der Waals surface area contributed by atoms with Crippen molar-refractivity contribution in [3.63, 3.8) is 0 Å². The number of rotatable bonds is 4. The molecule has 1 amide bonds. The van der Waals surface area contributed by atoms with Crippen molar-refractivity contribution < 1.29 is 4.79 Å². The summed E-state index contributed by atoms with van der Waals surface area (Å²) in [7, 11) is 0. The molecule has 2 atom stereocenters. The largest absolute Gasteiger partial charge is 0.331 e. The molecule has 5 heteroatoms. The van der Waals surface area contributed by atoms with Gasteiger partial charge in [0.15, 0.2) is 0 Å². The fourth-order valence-corrected chi connectivity index (χ4v) is 2.95. The molecule has 0 radical (unpaired) electrons. The van der Waals surface area contributed by atoms with Crippen LogP contribution in [0.25, 0.3) is 0 Å². The topological polar surface area (TPSA) is 58.1 Å². The Balaban J connectivity index is 2.16. The Hall–Kier alpha value is -1.49. The van der Waals surface area contributed by atoms with Crippen molar-refractivity contribution in [1.29, 1.82) is 0 Å². The fourth-order valence-electron chi connectivity index (χ4n) is 2.95. The molecule has 1 aromatic heterocycles. The smallest absolute Gasteiger partial charge is 0.274 e. The van der Waals surface area contributed by atoms with E-state index in [1.807, 2.05) is 4.90 Å². The van der Waals surface area contributed by atoms with E-state index in [0.29, 0.717) is 23.6 Å². The first kappa shape index (κ1) is 15.9. The van der Waals surface area contributed by atoms with Gasteiger partial charge in [-0.05, 0) is 18.3 Å². The molecule has 116 valence electrons. The van der Waals surface area contributed by atoms with Crippen molar-refractivity contribution in [2.75, 3.05) is 13.1 Å². The lowest BCUT2D eigenvalue weighted by Gasteiger charge is -2.42. The van der Waals surface area contributed by atoms with E-state index in [0.717, 1.165) is 19.5 Å². The van der Waals surface area contributed by atoms with Crippen LogP contribution in [0.2, 0.25) is 0 Å². The van der Waals surface area contributed by atoms with E-state index < -0.39 is 0 Å². The molecule has 1 fully saturated rings. The molecular weight excluding hydrogens is 264 g/mol. The highest BCUT2D eigenvalue weighted by molar-refractivity contribution is 5.92. The van der Waals surface area contributed by atoms with Crippen molar-refractivity contribution in [2.24, 2.45) is 11.8 Å². The minimum Gasteiger partial charge on any atom is -0.331 e. The zero-order chi connectivity index (χ0) is 15.4. The summed E-state index contributed by atoms with van der Waals surface area (Å²) < 4.78 is 0. The SMILES string of the molecule is CC(C)CC1CN(C(=O)c2cnccn2)C(C(C)C)CN1. The van der Waals surface area contributed by atoms with Gasteiger partial charge in [0, 0.05) is 37.6 Å². The summed E-state index contributed by atoms with van der Waals surface area (Å²) in [6.07, 6.45) is 5.80. The normalized spacial score (nSPS) is 22.9. The van der Waals surface area contributed by atoms with Gasteiger partial charge < -0.3 is 10.2 Å². The Morgan fingerprint density at radius 2 is 2.14 bits per heavy atom. The van der Waals surface area contributed by atoms with Gasteiger partial charge in [-0.2, -0.15) is 0 Å². The van der Waals surface area contributed by atoms with E-state index in [1.54, 1.807) is 18.6 Å². The molecule has 1 aliphatic rings. The molecule has 2 rings (SSSR count). The molecule has 1 saturated heterocycles. The predicted octanol–water partition coefficient (Wildman–Crippen LogP) is 1.96. The number of piperazine rings is 1. The Kier molecular flexibility index (Phi) is 5.28. The molecule has 1 aromatic rings. The summed E-state index contributed by atoms with van der Waals surface area (Å²) in [6, 6.07) is 0.573. The van der Waals surface area contributed by atoms with Gasteiger partial charge in [0.2, 0.25) is 0 Å². The molecule has 2 unspecified atom stereocenters. The zero-order valence-corrected chi connectivity index (χ0v) is 13.4. The molecule has 0 bridgehead atoms. The van der Waals surface area contributed by atoms with Gasteiger partial charge in [-0.3, -0.25) is 9.78 Å². The lowest BCUT2D eigenvalue weighted by atomic mass is 9.94. The van der Waals surface area contributed by atoms with Crippen LogP contribution in [-0.2, 0) is 0 Å². The van der Waals surface area contributed by atoms with Crippen LogP contribution < -0.4 is 5.32 Å². The minimum absolute atomic E-state index is 0.00273. The van der Waals surface area contributed by atoms with E-state index >= 15 is 0 Å². The highest BCUT2D eigenvalue weighted by Gasteiger charge is 2.34. The van der Waals surface area contributed by atoms with Gasteiger partial charge >= 0.3 is 0 Å². The second-order valence-corrected chi connectivity index (χ2v) is 6.59. The second-order valence-electron chi connectivity index (χ2n) is 6.59. The third-order valence-corrected chi connectivity index (χ3v) is 4.00. The number of hydrogen-bond acceptors (Lipinski definition) is 4. The maximum atomic E-state index is 12.7. The molecule has 0 spiro atoms. The average molecular weight is 290 g/mol. The highest BCUT2D eigenvalue weighted by atomic mass is 16.2. The van der Waals surface area contributed by atoms with E-state index in [9.17, 15) is 4.79 Å². The first-order valence-corrected chi connectivity index (χ1v) is 7.79. The van der Waals surface area contributed by atoms with E-state index in [-0.39, 0.29) is 11.9 Å². The van der Waals surface area contributed by atoms with Crippen LogP contribution in [0.5, 0.6) is 0 Å². The minimum atomic E-state index is -0.00273. The maximum Gasteiger partial charge on any atom is 0.274 e. The monoisotopic (exact) mass is 290 g/mol. The molecular formula is C16H26N4O. The van der Waals surface area contributed by atoms with Crippen molar-refractivity contribution >= 4 is 5.91 Å². The van der Waals surface area contributed by atoms with E-state index in [4.69, 9.17) is 0 Å². The number of nitrogens with one attached hydrogen (secondary N) is 1. The van der Waals surface area contributed by atoms with Crippen LogP contribution in [0, 0.1) is 11.8 Å². The molecule has 1 aliphatic heterocycles. The van der Waals surface area contributed by atoms with Crippen molar-refractivity contribution in [3.05, 3.63) is 24.3 Å². The van der Waals surface area contributed by atoms with Crippen molar-refractivity contribution in [2.45, 2.75) is 46.2 Å². The summed E-state index contributed by atoms with van der Waals surface area (Å²) in [6.45, 7) is 10.3. The van der Waals surface area contributed by atoms with Crippen molar-refractivity contribution in [3.8, 4) is 0 Å². The maximum absolute atomic E-state index is 12.7. The Bertz CT molecular complexity index is 461. The first-order chi connectivity index (χ1) is 9.99. The van der Waals surface area contributed by atoms with Crippen LogP contribution >= 0.6 is 0 Å². The van der Waals surface area contributed by atoms with Gasteiger partial charge in [-0.15, -0.1) is 0 Å². The summed E-state index contributed by atoms with van der Waals surface area (Å²) in [4.78, 5) is 22.9. The summed E-state index contributed by atoms with van der Waals surface area (Å²) in [5.41, 5.74) is 0.438. The number of nitrogens with zero attached hydrogens (tertiary/aromatic N) is 3. The Labute approximate surface area is 127 Å². The van der Waals surface area contributed by atoms with Crippen molar-refractivity contribution in [1.82, 2.24) is 20.2 Å². The fraction of sp³-hybridized carbons (Fsp3) is 0.688. The quantitative estimate of drug-likeness (QED) is 0.921. The van der Waals surface area contributed by atoms with E-state index in [2.05, 4.69) is 43.0 Å². The van der Waals surface area contributed by atoms with Crippen LogP contribution in [-0.4, -0.2) is 45.9 Å².